The highest BCUT2D eigenvalue weighted by atomic mass is 16.5. The molecule has 0 aromatic heterocycles. The molecule has 0 spiro atoms. The van der Waals surface area contributed by atoms with Crippen molar-refractivity contribution in [1.29, 1.82) is 0 Å². The molecule has 2 rings (SSSR count). The second kappa shape index (κ2) is 8.75. The van der Waals surface area contributed by atoms with E-state index in [2.05, 4.69) is 5.32 Å². The summed E-state index contributed by atoms with van der Waals surface area (Å²) in [5.74, 6) is -1.01. The molecule has 0 heterocycles. The summed E-state index contributed by atoms with van der Waals surface area (Å²) < 4.78 is 15.7. The van der Waals surface area contributed by atoms with Crippen LogP contribution in [0.25, 0.3) is 6.08 Å². The van der Waals surface area contributed by atoms with Gasteiger partial charge in [0.15, 0.2) is 11.5 Å². The normalized spacial score (nSPS) is 10.9. The summed E-state index contributed by atoms with van der Waals surface area (Å²) in [7, 11) is 4.36. The van der Waals surface area contributed by atoms with Gasteiger partial charge in [-0.05, 0) is 42.8 Å². The largest absolute Gasteiger partial charge is 0.543 e. The number of carbonyl (C=O) groups excluding carboxylic acids is 2. The van der Waals surface area contributed by atoms with Crippen LogP contribution in [0.3, 0.4) is 0 Å². The second-order valence-electron chi connectivity index (χ2n) is 5.62. The van der Waals surface area contributed by atoms with Crippen LogP contribution >= 0.6 is 0 Å². The average molecular weight is 370 g/mol. The SMILES string of the molecule is COc1cc(/C=C(/NC(=O)c2ccc(C)cc2)C(=O)[O-])cc(OC)c1OC. The number of carboxylic acids is 1. The van der Waals surface area contributed by atoms with E-state index in [1.54, 1.807) is 36.4 Å². The summed E-state index contributed by atoms with van der Waals surface area (Å²) in [6, 6.07) is 9.85. The van der Waals surface area contributed by atoms with Crippen molar-refractivity contribution < 1.29 is 28.9 Å². The van der Waals surface area contributed by atoms with Crippen LogP contribution in [0.4, 0.5) is 0 Å². The van der Waals surface area contributed by atoms with Crippen LogP contribution in [0.2, 0.25) is 0 Å². The Hall–Kier alpha value is -3.48. The number of benzene rings is 2. The molecule has 0 aliphatic heterocycles. The van der Waals surface area contributed by atoms with Crippen molar-refractivity contribution in [3.63, 3.8) is 0 Å². The lowest BCUT2D eigenvalue weighted by Crippen LogP contribution is -2.35. The highest BCUT2D eigenvalue weighted by Gasteiger charge is 2.14. The molecule has 0 fully saturated rings. The summed E-state index contributed by atoms with van der Waals surface area (Å²) in [4.78, 5) is 23.8. The molecule has 0 bridgehead atoms. The summed E-state index contributed by atoms with van der Waals surface area (Å²) in [6.45, 7) is 1.89. The number of ether oxygens (including phenoxy) is 3. The highest BCUT2D eigenvalue weighted by Crippen LogP contribution is 2.38. The van der Waals surface area contributed by atoms with Crippen molar-refractivity contribution in [2.24, 2.45) is 0 Å². The van der Waals surface area contributed by atoms with Crippen molar-refractivity contribution in [2.75, 3.05) is 21.3 Å². The zero-order chi connectivity index (χ0) is 20.0. The fourth-order valence-electron chi connectivity index (χ4n) is 2.40. The number of amides is 1. The number of aryl methyl sites for hydroxylation is 1. The molecular weight excluding hydrogens is 350 g/mol. The molecule has 0 saturated heterocycles. The Bertz CT molecular complexity index is 846. The molecule has 2 aromatic rings. The number of aliphatic carboxylic acids is 1. The van der Waals surface area contributed by atoms with Gasteiger partial charge in [-0.1, -0.05) is 17.7 Å². The topological polar surface area (TPSA) is 96.9 Å². The highest BCUT2D eigenvalue weighted by molar-refractivity contribution is 6.02. The van der Waals surface area contributed by atoms with E-state index in [9.17, 15) is 14.7 Å². The van der Waals surface area contributed by atoms with E-state index in [1.165, 1.54) is 27.4 Å². The number of rotatable bonds is 7. The molecule has 0 unspecified atom stereocenters. The van der Waals surface area contributed by atoms with Crippen molar-refractivity contribution in [3.8, 4) is 17.2 Å². The van der Waals surface area contributed by atoms with Gasteiger partial charge < -0.3 is 29.4 Å². The van der Waals surface area contributed by atoms with Crippen molar-refractivity contribution in [2.45, 2.75) is 6.92 Å². The maximum Gasteiger partial charge on any atom is 0.255 e. The standard InChI is InChI=1S/C20H21NO6/c1-12-5-7-14(8-6-12)19(22)21-15(20(23)24)9-13-10-16(25-2)18(27-4)17(11-13)26-3/h5-11H,1-4H3,(H,21,22)(H,23,24)/p-1/b15-9+. The summed E-state index contributed by atoms with van der Waals surface area (Å²) in [5.41, 5.74) is 1.35. The molecular formula is C20H20NO6-. The minimum atomic E-state index is -1.52. The second-order valence-corrected chi connectivity index (χ2v) is 5.62. The van der Waals surface area contributed by atoms with Gasteiger partial charge in [0.25, 0.3) is 5.91 Å². The summed E-state index contributed by atoms with van der Waals surface area (Å²) in [6.07, 6.45) is 1.26. The molecule has 0 aliphatic rings. The first-order valence-corrected chi connectivity index (χ1v) is 8.00. The first-order valence-electron chi connectivity index (χ1n) is 8.00. The van der Waals surface area contributed by atoms with Crippen molar-refractivity contribution >= 4 is 18.0 Å². The van der Waals surface area contributed by atoms with E-state index in [0.29, 0.717) is 28.4 Å². The molecule has 7 heteroatoms. The third kappa shape index (κ3) is 4.78. The number of methoxy groups -OCH3 is 3. The van der Waals surface area contributed by atoms with Crippen molar-refractivity contribution in [3.05, 3.63) is 58.8 Å². The molecule has 142 valence electrons. The summed E-state index contributed by atoms with van der Waals surface area (Å²) in [5, 5.41) is 13.8. The van der Waals surface area contributed by atoms with Crippen LogP contribution in [0.15, 0.2) is 42.1 Å². The lowest BCUT2D eigenvalue weighted by atomic mass is 10.1. The third-order valence-electron chi connectivity index (χ3n) is 3.78. The van der Waals surface area contributed by atoms with Gasteiger partial charge in [0.05, 0.1) is 33.0 Å². The Labute approximate surface area is 157 Å². The molecule has 0 atom stereocenters. The zero-order valence-electron chi connectivity index (χ0n) is 15.5. The van der Waals surface area contributed by atoms with Gasteiger partial charge in [0.2, 0.25) is 5.75 Å². The maximum atomic E-state index is 12.3. The molecule has 1 N–H and O–H groups in total. The molecule has 7 nitrogen and oxygen atoms in total. The van der Waals surface area contributed by atoms with E-state index in [4.69, 9.17) is 14.2 Å². The Morgan fingerprint density at radius 2 is 1.52 bits per heavy atom. The number of nitrogens with one attached hydrogen (secondary N) is 1. The maximum absolute atomic E-state index is 12.3. The van der Waals surface area contributed by atoms with Crippen LogP contribution < -0.4 is 24.6 Å². The lowest BCUT2D eigenvalue weighted by Gasteiger charge is -2.15. The summed E-state index contributed by atoms with van der Waals surface area (Å²) >= 11 is 0. The predicted molar refractivity (Wildman–Crippen MR) is 97.7 cm³/mol. The molecule has 0 saturated carbocycles. The van der Waals surface area contributed by atoms with Crippen LogP contribution in [-0.4, -0.2) is 33.2 Å². The van der Waals surface area contributed by atoms with E-state index >= 15 is 0 Å². The molecule has 0 radical (unpaired) electrons. The molecule has 2 aromatic carbocycles. The molecule has 1 amide bonds. The first-order chi connectivity index (χ1) is 12.9. The van der Waals surface area contributed by atoms with Gasteiger partial charge in [-0.25, -0.2) is 0 Å². The van der Waals surface area contributed by atoms with Gasteiger partial charge in [0, 0.05) is 5.56 Å². The predicted octanol–water partition coefficient (Wildman–Crippen LogP) is 1.54. The van der Waals surface area contributed by atoms with Gasteiger partial charge in [-0.3, -0.25) is 4.79 Å². The quantitative estimate of drug-likeness (QED) is 0.743. The van der Waals surface area contributed by atoms with Crippen LogP contribution in [-0.2, 0) is 4.79 Å². The van der Waals surface area contributed by atoms with Crippen LogP contribution in [0.1, 0.15) is 21.5 Å². The Balaban J connectivity index is 2.38. The minimum absolute atomic E-state index is 0.331. The zero-order valence-corrected chi connectivity index (χ0v) is 15.5. The van der Waals surface area contributed by atoms with Gasteiger partial charge in [0.1, 0.15) is 0 Å². The number of hydrogen-bond donors (Lipinski definition) is 1. The third-order valence-corrected chi connectivity index (χ3v) is 3.78. The van der Waals surface area contributed by atoms with E-state index in [1.807, 2.05) is 6.92 Å². The average Bonchev–Trinajstić information content (AvgIpc) is 2.66. The molecule has 27 heavy (non-hydrogen) atoms. The lowest BCUT2D eigenvalue weighted by molar-refractivity contribution is -0.299. The molecule has 0 aliphatic carbocycles. The Kier molecular flexibility index (Phi) is 6.43. The van der Waals surface area contributed by atoms with Crippen LogP contribution in [0, 0.1) is 6.92 Å². The number of carboxylic acid groups (broad SMARTS) is 1. The fourth-order valence-corrected chi connectivity index (χ4v) is 2.40. The van der Waals surface area contributed by atoms with E-state index in [-0.39, 0.29) is 0 Å². The van der Waals surface area contributed by atoms with E-state index < -0.39 is 17.6 Å². The minimum Gasteiger partial charge on any atom is -0.543 e. The van der Waals surface area contributed by atoms with Gasteiger partial charge in [-0.15, -0.1) is 0 Å². The van der Waals surface area contributed by atoms with E-state index in [0.717, 1.165) is 5.56 Å². The first kappa shape index (κ1) is 19.8. The van der Waals surface area contributed by atoms with Crippen LogP contribution in [0.5, 0.6) is 17.2 Å². The van der Waals surface area contributed by atoms with Crippen molar-refractivity contribution in [1.82, 2.24) is 5.32 Å². The van der Waals surface area contributed by atoms with Gasteiger partial charge >= 0.3 is 0 Å². The Morgan fingerprint density at radius 3 is 1.96 bits per heavy atom. The fraction of sp³-hybridized carbons (Fsp3) is 0.200. The number of carbonyl (C=O) groups is 2. The smallest absolute Gasteiger partial charge is 0.255 e. The number of hydrogen-bond acceptors (Lipinski definition) is 6. The monoisotopic (exact) mass is 370 g/mol. The van der Waals surface area contributed by atoms with Gasteiger partial charge in [-0.2, -0.15) is 0 Å². The Morgan fingerprint density at radius 1 is 0.963 bits per heavy atom.